The molecular formula is C65H127N5O4. The van der Waals surface area contributed by atoms with Crippen molar-refractivity contribution >= 4 is 11.9 Å². The topological polar surface area (TPSA) is 112 Å². The van der Waals surface area contributed by atoms with Crippen LogP contribution in [0.5, 0.6) is 0 Å². The van der Waals surface area contributed by atoms with Crippen molar-refractivity contribution in [3.63, 3.8) is 0 Å². The van der Waals surface area contributed by atoms with Crippen molar-refractivity contribution in [1.29, 1.82) is 0 Å². The Morgan fingerprint density at radius 2 is 0.905 bits per heavy atom. The molecule has 0 bridgehead atoms. The summed E-state index contributed by atoms with van der Waals surface area (Å²) in [6, 6.07) is 0.635. The quantitative estimate of drug-likeness (QED) is 0.0490. The van der Waals surface area contributed by atoms with E-state index >= 15 is 0 Å². The fourth-order valence-electron chi connectivity index (χ4n) is 11.0. The van der Waals surface area contributed by atoms with E-state index in [-0.39, 0.29) is 11.9 Å². The minimum Gasteiger partial charge on any atom is -0.465 e. The highest BCUT2D eigenvalue weighted by Crippen LogP contribution is 2.23. The number of carbonyl (C=O) groups is 2. The Hall–Kier alpha value is -1.97. The number of aryl methyl sites for hydroxylation is 2. The second-order valence-corrected chi connectivity index (χ2v) is 23.1. The molecule has 0 saturated carbocycles. The normalized spacial score (nSPS) is 13.0. The Labute approximate surface area is 460 Å². The van der Waals surface area contributed by atoms with Gasteiger partial charge < -0.3 is 30.0 Å². The number of aromatic nitrogens is 2. The van der Waals surface area contributed by atoms with Crippen LogP contribution in [0.2, 0.25) is 0 Å². The van der Waals surface area contributed by atoms with Gasteiger partial charge in [0.05, 0.1) is 31.7 Å². The molecule has 0 fully saturated rings. The van der Waals surface area contributed by atoms with E-state index in [0.29, 0.717) is 50.5 Å². The molecule has 3 atom stereocenters. The van der Waals surface area contributed by atoms with Gasteiger partial charge in [-0.15, -0.1) is 0 Å². The number of imidazole rings is 1. The maximum Gasteiger partial charge on any atom is 0.307 e. The zero-order valence-corrected chi connectivity index (χ0v) is 50.2. The third kappa shape index (κ3) is 45.1. The number of hydrogen-bond donors (Lipinski definition) is 2. The Balaban J connectivity index is 2.63. The number of nitrogens with two attached hydrogens (primary N) is 1. The van der Waals surface area contributed by atoms with Crippen LogP contribution in [0, 0.1) is 18.8 Å². The lowest BCUT2D eigenvalue weighted by atomic mass is 9.95. The zero-order chi connectivity index (χ0) is 53.6. The zero-order valence-electron chi connectivity index (χ0n) is 50.2. The molecule has 9 nitrogen and oxygen atoms in total. The monoisotopic (exact) mass is 1040 g/mol. The summed E-state index contributed by atoms with van der Waals surface area (Å²) in [7, 11) is 0. The van der Waals surface area contributed by atoms with Crippen molar-refractivity contribution in [2.45, 2.75) is 330 Å². The fraction of sp³-hybridized carbons (Fsp3) is 0.923. The summed E-state index contributed by atoms with van der Waals surface area (Å²) in [4.78, 5) is 32.9. The highest BCUT2D eigenvalue weighted by atomic mass is 16.5. The number of hydrogen-bond acceptors (Lipinski definition) is 8. The third-order valence-electron chi connectivity index (χ3n) is 15.9. The summed E-state index contributed by atoms with van der Waals surface area (Å²) in [5, 5.41) is 3.56. The standard InChI is InChI=1S/C65H127N5O4/c1-6-10-14-18-20-24-28-40-54-70(55-41-53-69-56-60(5)68-59-69)63(47-36-30-39-51-67-52-49-65(72)74-58-62(43-32-17-13-9-4)45-34-29-38-50-66)46-35-26-22-21-23-27-37-48-64(71)73-57-61(42-31-16-12-8-3)44-33-25-19-15-11-7-2/h56,59,61-63,67H,6-55,57-58,66H2,1-5H3. The van der Waals surface area contributed by atoms with E-state index in [9.17, 15) is 9.59 Å². The average Bonchev–Trinajstić information content (AvgIpc) is 3.82. The molecule has 436 valence electrons. The van der Waals surface area contributed by atoms with Crippen LogP contribution in [-0.2, 0) is 25.6 Å². The first kappa shape index (κ1) is 70.0. The van der Waals surface area contributed by atoms with Crippen LogP contribution in [0.15, 0.2) is 12.5 Å². The predicted molar refractivity (Wildman–Crippen MR) is 319 cm³/mol. The smallest absolute Gasteiger partial charge is 0.307 e. The van der Waals surface area contributed by atoms with Crippen LogP contribution in [0.3, 0.4) is 0 Å². The van der Waals surface area contributed by atoms with E-state index in [2.05, 4.69) is 60.6 Å². The van der Waals surface area contributed by atoms with Gasteiger partial charge in [-0.05, 0) is 109 Å². The van der Waals surface area contributed by atoms with Gasteiger partial charge in [-0.25, -0.2) is 4.98 Å². The summed E-state index contributed by atoms with van der Waals surface area (Å²) >= 11 is 0. The minimum atomic E-state index is -0.0525. The highest BCUT2D eigenvalue weighted by Gasteiger charge is 2.19. The van der Waals surface area contributed by atoms with Gasteiger partial charge >= 0.3 is 11.9 Å². The van der Waals surface area contributed by atoms with E-state index in [1.165, 1.54) is 231 Å². The Morgan fingerprint density at radius 1 is 0.500 bits per heavy atom. The van der Waals surface area contributed by atoms with Gasteiger partial charge in [0.15, 0.2) is 0 Å². The first-order valence-electron chi connectivity index (χ1n) is 32.8. The Bertz CT molecular complexity index is 1310. The van der Waals surface area contributed by atoms with Crippen LogP contribution in [0.4, 0.5) is 0 Å². The number of rotatable bonds is 59. The van der Waals surface area contributed by atoms with E-state index in [1.807, 2.05) is 6.33 Å². The molecule has 1 heterocycles. The molecule has 0 spiro atoms. The largest absolute Gasteiger partial charge is 0.465 e. The molecule has 1 rings (SSSR count). The maximum atomic E-state index is 12.8. The SMILES string of the molecule is CCCCCCCCCCN(CCCn1cnc(C)c1)C(CCCCCCCCCC(=O)OCC(CCCCCC)CCCCCCCC)CCCCCNCCC(=O)OCC(CCCCCC)CCCCCN. The molecule has 1 aromatic heterocycles. The van der Waals surface area contributed by atoms with E-state index in [0.717, 1.165) is 76.8 Å². The maximum absolute atomic E-state index is 12.8. The molecule has 0 amide bonds. The number of ether oxygens (including phenoxy) is 2. The molecule has 0 aliphatic rings. The lowest BCUT2D eigenvalue weighted by molar-refractivity contribution is -0.146. The summed E-state index contributed by atoms with van der Waals surface area (Å²) in [6.45, 7) is 18.3. The average molecular weight is 1040 g/mol. The molecule has 0 radical (unpaired) electrons. The second-order valence-electron chi connectivity index (χ2n) is 23.1. The van der Waals surface area contributed by atoms with Gasteiger partial charge in [0.2, 0.25) is 0 Å². The summed E-state index contributed by atoms with van der Waals surface area (Å²) < 4.78 is 14.0. The van der Waals surface area contributed by atoms with Crippen molar-refractivity contribution in [2.24, 2.45) is 17.6 Å². The molecule has 9 heteroatoms. The molecule has 0 aromatic carbocycles. The van der Waals surface area contributed by atoms with Crippen molar-refractivity contribution in [3.05, 3.63) is 18.2 Å². The molecule has 3 N–H and O–H groups in total. The molecule has 74 heavy (non-hydrogen) atoms. The summed E-state index contributed by atoms with van der Waals surface area (Å²) in [6.07, 6.45) is 58.3. The van der Waals surface area contributed by atoms with Crippen molar-refractivity contribution < 1.29 is 19.1 Å². The van der Waals surface area contributed by atoms with Gasteiger partial charge in [-0.2, -0.15) is 0 Å². The van der Waals surface area contributed by atoms with Crippen LogP contribution in [-0.4, -0.2) is 78.4 Å². The highest BCUT2D eigenvalue weighted by molar-refractivity contribution is 5.69. The van der Waals surface area contributed by atoms with E-state index in [1.54, 1.807) is 0 Å². The lowest BCUT2D eigenvalue weighted by Crippen LogP contribution is -2.37. The van der Waals surface area contributed by atoms with E-state index in [4.69, 9.17) is 15.2 Å². The van der Waals surface area contributed by atoms with E-state index < -0.39 is 0 Å². The molecule has 0 aliphatic heterocycles. The molecule has 0 saturated heterocycles. The first-order chi connectivity index (χ1) is 36.4. The third-order valence-corrected chi connectivity index (χ3v) is 15.9. The Morgan fingerprint density at radius 3 is 1.39 bits per heavy atom. The van der Waals surface area contributed by atoms with Crippen LogP contribution < -0.4 is 11.1 Å². The van der Waals surface area contributed by atoms with Gasteiger partial charge in [-0.1, -0.05) is 227 Å². The number of carbonyl (C=O) groups excluding carboxylic acids is 2. The summed E-state index contributed by atoms with van der Waals surface area (Å²) in [5.41, 5.74) is 6.83. The van der Waals surface area contributed by atoms with Crippen molar-refractivity contribution in [1.82, 2.24) is 19.8 Å². The van der Waals surface area contributed by atoms with Crippen LogP contribution in [0.1, 0.15) is 316 Å². The van der Waals surface area contributed by atoms with Crippen LogP contribution in [0.25, 0.3) is 0 Å². The van der Waals surface area contributed by atoms with Crippen LogP contribution >= 0.6 is 0 Å². The van der Waals surface area contributed by atoms with Gasteiger partial charge in [0.25, 0.3) is 0 Å². The van der Waals surface area contributed by atoms with Gasteiger partial charge in [0, 0.05) is 38.3 Å². The number of esters is 2. The van der Waals surface area contributed by atoms with Crippen molar-refractivity contribution in [3.8, 4) is 0 Å². The lowest BCUT2D eigenvalue weighted by Gasteiger charge is -2.32. The number of unbranched alkanes of at least 4 members (excludes halogenated alkanes) is 28. The van der Waals surface area contributed by atoms with Gasteiger partial charge in [-0.3, -0.25) is 9.59 Å². The number of nitrogens with one attached hydrogen (secondary N) is 1. The van der Waals surface area contributed by atoms with Gasteiger partial charge in [0.1, 0.15) is 0 Å². The molecule has 0 aliphatic carbocycles. The number of nitrogens with zero attached hydrogens (tertiary/aromatic N) is 3. The summed E-state index contributed by atoms with van der Waals surface area (Å²) in [5.74, 6) is 0.997. The molecule has 3 unspecified atom stereocenters. The fourth-order valence-corrected chi connectivity index (χ4v) is 11.0. The predicted octanol–water partition coefficient (Wildman–Crippen LogP) is 18.0. The molecule has 1 aromatic rings. The first-order valence-corrected chi connectivity index (χ1v) is 32.8. The minimum absolute atomic E-state index is 0.0279. The molecular weight excluding hydrogens is 915 g/mol. The van der Waals surface area contributed by atoms with Crippen molar-refractivity contribution in [2.75, 3.05) is 45.9 Å². The second kappa shape index (κ2) is 54.4. The Kier molecular flexibility index (Phi) is 51.5.